The first-order valence-electron chi connectivity index (χ1n) is 6.46. The fourth-order valence-corrected chi connectivity index (χ4v) is 1.72. The maximum absolute atomic E-state index is 5.21. The Balaban J connectivity index is 0.000000220. The van der Waals surface area contributed by atoms with Crippen LogP contribution in [0.25, 0.3) is 0 Å². The minimum atomic E-state index is -0.124. The zero-order valence-corrected chi connectivity index (χ0v) is 14.4. The van der Waals surface area contributed by atoms with Gasteiger partial charge in [-0.15, -0.1) is 0 Å². The molecule has 0 spiro atoms. The van der Waals surface area contributed by atoms with E-state index in [1.165, 1.54) is 0 Å². The van der Waals surface area contributed by atoms with Crippen LogP contribution in [0, 0.1) is 13.8 Å². The van der Waals surface area contributed by atoms with E-state index >= 15 is 0 Å². The maximum Gasteiger partial charge on any atom is 0.219 e. The van der Waals surface area contributed by atoms with Gasteiger partial charge in [0.05, 0.1) is 22.7 Å². The monoisotopic (exact) mass is 336 g/mol. The average molecular weight is 336 g/mol. The molecule has 0 radical (unpaired) electrons. The van der Waals surface area contributed by atoms with Crippen molar-refractivity contribution < 1.29 is 8.83 Å². The molecule has 0 unspecified atom stereocenters. The maximum atomic E-state index is 5.21. The number of hydrogen-bond acceptors (Lipinski definition) is 8. The second kappa shape index (κ2) is 9.12. The van der Waals surface area contributed by atoms with E-state index in [0.717, 1.165) is 11.5 Å². The van der Waals surface area contributed by atoms with Crippen molar-refractivity contribution in [1.29, 1.82) is 0 Å². The van der Waals surface area contributed by atoms with Crippen molar-refractivity contribution in [2.24, 2.45) is 9.98 Å². The fraction of sp³-hybridized carbons (Fsp3) is 0.429. The summed E-state index contributed by atoms with van der Waals surface area (Å²) in [6, 6.07) is -0.248. The summed E-state index contributed by atoms with van der Waals surface area (Å²) in [5.41, 5.74) is 0. The molecule has 0 aromatic carbocycles. The molecule has 2 heterocycles. The van der Waals surface area contributed by atoms with Crippen molar-refractivity contribution in [2.75, 3.05) is 0 Å². The lowest BCUT2D eigenvalue weighted by atomic mass is 10.4. The Labute approximate surface area is 139 Å². The molecule has 22 heavy (non-hydrogen) atoms. The van der Waals surface area contributed by atoms with E-state index in [1.54, 1.807) is 12.4 Å². The standard InChI is InChI=1S/2C7H8N2OS/c2*1-5-3-8-7(10-5)6(2)9-4-11/h2*3,6H,1-2H3/t2*6-/m10/s1. The van der Waals surface area contributed by atoms with Crippen LogP contribution >= 0.6 is 24.4 Å². The quantitative estimate of drug-likeness (QED) is 0.612. The molecule has 0 aliphatic carbocycles. The van der Waals surface area contributed by atoms with Crippen LogP contribution in [0.5, 0.6) is 0 Å². The minimum Gasteiger partial charge on any atom is -0.444 e. The van der Waals surface area contributed by atoms with Crippen LogP contribution in [0.2, 0.25) is 0 Å². The predicted molar refractivity (Wildman–Crippen MR) is 89.4 cm³/mol. The van der Waals surface area contributed by atoms with Gasteiger partial charge in [-0.25, -0.2) is 20.0 Å². The average Bonchev–Trinajstić information content (AvgIpc) is 3.09. The molecule has 8 heteroatoms. The Hall–Kier alpha value is -1.98. The molecular weight excluding hydrogens is 320 g/mol. The molecular formula is C14H16N4O2S2. The molecule has 0 amide bonds. The Morgan fingerprint density at radius 2 is 1.27 bits per heavy atom. The van der Waals surface area contributed by atoms with Crippen molar-refractivity contribution in [3.63, 3.8) is 0 Å². The lowest BCUT2D eigenvalue weighted by Crippen LogP contribution is -1.87. The molecule has 116 valence electrons. The summed E-state index contributed by atoms with van der Waals surface area (Å²) in [7, 11) is 0. The van der Waals surface area contributed by atoms with E-state index in [1.807, 2.05) is 27.7 Å². The van der Waals surface area contributed by atoms with Gasteiger partial charge in [0.15, 0.2) is 0 Å². The van der Waals surface area contributed by atoms with Crippen LogP contribution in [0.15, 0.2) is 31.2 Å². The number of aliphatic imine (C=N–C) groups is 2. The molecule has 0 N–H and O–H groups in total. The second-order valence-corrected chi connectivity index (χ2v) is 4.78. The first kappa shape index (κ1) is 18.1. The number of aryl methyl sites for hydroxylation is 2. The molecule has 2 atom stereocenters. The Morgan fingerprint density at radius 3 is 1.50 bits per heavy atom. The van der Waals surface area contributed by atoms with E-state index < -0.39 is 0 Å². The van der Waals surface area contributed by atoms with Crippen molar-refractivity contribution in [3.8, 4) is 0 Å². The number of nitrogens with zero attached hydrogens (tertiary/aromatic N) is 4. The highest BCUT2D eigenvalue weighted by atomic mass is 32.1. The van der Waals surface area contributed by atoms with Gasteiger partial charge in [0.25, 0.3) is 0 Å². The fourth-order valence-electron chi connectivity index (χ4n) is 1.40. The first-order valence-corrected chi connectivity index (χ1v) is 7.28. The molecule has 0 saturated heterocycles. The van der Waals surface area contributed by atoms with Crippen LogP contribution in [-0.2, 0) is 0 Å². The number of rotatable bonds is 4. The number of oxazole rings is 2. The number of aromatic nitrogens is 2. The number of hydrogen-bond donors (Lipinski definition) is 0. The lowest BCUT2D eigenvalue weighted by Gasteiger charge is -1.95. The van der Waals surface area contributed by atoms with Gasteiger partial charge < -0.3 is 8.83 Å². The molecule has 6 nitrogen and oxygen atoms in total. The summed E-state index contributed by atoms with van der Waals surface area (Å²) in [4.78, 5) is 15.6. The molecule has 0 aliphatic heterocycles. The van der Waals surface area contributed by atoms with E-state index in [0.29, 0.717) is 11.8 Å². The van der Waals surface area contributed by atoms with Crippen molar-refractivity contribution in [2.45, 2.75) is 39.8 Å². The SMILES string of the molecule is Cc1cnc([C@@H](C)N=C=S)o1.Cc1cnc([C@H](C)N=C=S)o1. The predicted octanol–water partition coefficient (Wildman–Crippen LogP) is 4.29. The Kier molecular flexibility index (Phi) is 7.49. The van der Waals surface area contributed by atoms with Gasteiger partial charge in [0.2, 0.25) is 11.8 Å². The van der Waals surface area contributed by atoms with Gasteiger partial charge in [-0.1, -0.05) is 0 Å². The van der Waals surface area contributed by atoms with E-state index in [2.05, 4.69) is 54.7 Å². The molecule has 0 fully saturated rings. The van der Waals surface area contributed by atoms with Crippen LogP contribution in [0.3, 0.4) is 0 Å². The van der Waals surface area contributed by atoms with Crippen molar-refractivity contribution >= 4 is 34.8 Å². The molecule has 0 saturated carbocycles. The normalized spacial score (nSPS) is 12.2. The summed E-state index contributed by atoms with van der Waals surface area (Å²) in [5.74, 6) is 2.73. The summed E-state index contributed by atoms with van der Waals surface area (Å²) in [5, 5.41) is 4.57. The highest BCUT2D eigenvalue weighted by Gasteiger charge is 2.08. The van der Waals surface area contributed by atoms with Gasteiger partial charge in [-0.2, -0.15) is 0 Å². The van der Waals surface area contributed by atoms with E-state index in [-0.39, 0.29) is 12.1 Å². The zero-order valence-electron chi connectivity index (χ0n) is 12.7. The third-order valence-corrected chi connectivity index (χ3v) is 2.70. The van der Waals surface area contributed by atoms with Crippen LogP contribution in [0.1, 0.15) is 49.2 Å². The van der Waals surface area contributed by atoms with Crippen molar-refractivity contribution in [1.82, 2.24) is 9.97 Å². The van der Waals surface area contributed by atoms with Crippen LogP contribution in [-0.4, -0.2) is 20.3 Å². The van der Waals surface area contributed by atoms with Crippen LogP contribution in [0.4, 0.5) is 0 Å². The molecule has 0 bridgehead atoms. The summed E-state index contributed by atoms with van der Waals surface area (Å²) in [6.07, 6.45) is 3.31. The van der Waals surface area contributed by atoms with Gasteiger partial charge in [0, 0.05) is 0 Å². The third-order valence-electron chi connectivity index (χ3n) is 2.49. The topological polar surface area (TPSA) is 76.8 Å². The van der Waals surface area contributed by atoms with Crippen molar-refractivity contribution in [3.05, 3.63) is 35.7 Å². The Morgan fingerprint density at radius 1 is 0.909 bits per heavy atom. The Bertz CT molecular complexity index is 637. The molecule has 2 aromatic heterocycles. The highest BCUT2D eigenvalue weighted by molar-refractivity contribution is 7.78. The van der Waals surface area contributed by atoms with Gasteiger partial charge in [-0.3, -0.25) is 0 Å². The molecule has 0 aliphatic rings. The highest BCUT2D eigenvalue weighted by Crippen LogP contribution is 2.15. The number of isothiocyanates is 2. The smallest absolute Gasteiger partial charge is 0.219 e. The lowest BCUT2D eigenvalue weighted by molar-refractivity contribution is 0.445. The summed E-state index contributed by atoms with van der Waals surface area (Å²) in [6.45, 7) is 7.38. The minimum absolute atomic E-state index is 0.124. The van der Waals surface area contributed by atoms with Gasteiger partial charge in [0.1, 0.15) is 23.6 Å². The van der Waals surface area contributed by atoms with Gasteiger partial charge in [-0.05, 0) is 52.1 Å². The zero-order chi connectivity index (χ0) is 16.5. The second-order valence-electron chi connectivity index (χ2n) is 4.41. The van der Waals surface area contributed by atoms with E-state index in [9.17, 15) is 0 Å². The largest absolute Gasteiger partial charge is 0.444 e. The summed E-state index contributed by atoms with van der Waals surface area (Å²) < 4.78 is 10.4. The first-order chi connectivity index (χ1) is 10.5. The van der Waals surface area contributed by atoms with Gasteiger partial charge >= 0.3 is 0 Å². The van der Waals surface area contributed by atoms with E-state index in [4.69, 9.17) is 8.83 Å². The summed E-state index contributed by atoms with van der Waals surface area (Å²) >= 11 is 8.90. The third kappa shape index (κ3) is 5.79. The molecule has 2 rings (SSSR count). The number of thiocarbonyl (C=S) groups is 2. The molecule has 2 aromatic rings. The van der Waals surface area contributed by atoms with Crippen LogP contribution < -0.4 is 0 Å².